The molecule has 3 rings (SSSR count). The first kappa shape index (κ1) is 22.3. The molecule has 0 unspecified atom stereocenters. The van der Waals surface area contributed by atoms with E-state index in [2.05, 4.69) is 17.4 Å². The Labute approximate surface area is 177 Å². The summed E-state index contributed by atoms with van der Waals surface area (Å²) in [5, 5.41) is 8.17. The van der Waals surface area contributed by atoms with E-state index in [0.29, 0.717) is 26.4 Å². The zero-order chi connectivity index (χ0) is 21.6. The molecular weight excluding hydrogens is 404 g/mol. The number of sulfonamides is 1. The van der Waals surface area contributed by atoms with E-state index in [4.69, 9.17) is 14.6 Å². The van der Waals surface area contributed by atoms with Crippen molar-refractivity contribution in [1.82, 2.24) is 5.32 Å². The van der Waals surface area contributed by atoms with Gasteiger partial charge < -0.3 is 14.8 Å². The summed E-state index contributed by atoms with van der Waals surface area (Å²) in [6, 6.07) is 14.1. The fourth-order valence-electron chi connectivity index (χ4n) is 3.71. The molecule has 2 aromatic rings. The number of amides is 1. The third kappa shape index (κ3) is 5.59. The first-order valence-corrected chi connectivity index (χ1v) is 11.6. The van der Waals surface area contributed by atoms with Crippen LogP contribution in [0.25, 0.3) is 0 Å². The Morgan fingerprint density at radius 1 is 1.10 bits per heavy atom. The molecule has 0 atom stereocenters. The van der Waals surface area contributed by atoms with Crippen molar-refractivity contribution < 1.29 is 22.7 Å². The van der Waals surface area contributed by atoms with Crippen LogP contribution in [-0.4, -0.2) is 40.7 Å². The van der Waals surface area contributed by atoms with E-state index in [1.165, 1.54) is 12.1 Å². The van der Waals surface area contributed by atoms with Crippen LogP contribution in [0.3, 0.4) is 0 Å². The fraction of sp³-hybridized carbons (Fsp3) is 0.409. The van der Waals surface area contributed by atoms with Gasteiger partial charge in [-0.15, -0.1) is 0 Å². The van der Waals surface area contributed by atoms with Crippen LogP contribution in [0.1, 0.15) is 30.9 Å². The van der Waals surface area contributed by atoms with Crippen molar-refractivity contribution >= 4 is 15.9 Å². The van der Waals surface area contributed by atoms with Crippen LogP contribution < -0.4 is 15.2 Å². The summed E-state index contributed by atoms with van der Waals surface area (Å²) in [6.45, 7) is 4.38. The highest BCUT2D eigenvalue weighted by molar-refractivity contribution is 7.89. The molecule has 7 nitrogen and oxygen atoms in total. The van der Waals surface area contributed by atoms with E-state index >= 15 is 0 Å². The maximum absolute atomic E-state index is 12.5. The van der Waals surface area contributed by atoms with Gasteiger partial charge >= 0.3 is 0 Å². The number of nitrogens with one attached hydrogen (secondary N) is 1. The molecule has 3 N–H and O–H groups in total. The van der Waals surface area contributed by atoms with Crippen molar-refractivity contribution in [2.24, 2.45) is 5.14 Å². The standard InChI is InChI=1S/C22H28N2O5S/c1-2-29-19-7-5-18(6-8-19)22(11-13-28-14-12-22)16-24-21(25)15-17-3-9-20(10-4-17)30(23,26)27/h3-10H,2,11-16H2,1H3,(H,24,25)(H2,23,26,27). The molecule has 0 bridgehead atoms. The van der Waals surface area contributed by atoms with Crippen LogP contribution >= 0.6 is 0 Å². The first-order valence-electron chi connectivity index (χ1n) is 10.0. The summed E-state index contributed by atoms with van der Waals surface area (Å²) in [5.41, 5.74) is 1.70. The van der Waals surface area contributed by atoms with Crippen LogP contribution in [0, 0.1) is 0 Å². The van der Waals surface area contributed by atoms with Crippen LogP contribution in [0.2, 0.25) is 0 Å². The van der Waals surface area contributed by atoms with Crippen LogP contribution in [0.5, 0.6) is 5.75 Å². The number of hydrogen-bond acceptors (Lipinski definition) is 5. The van der Waals surface area contributed by atoms with Gasteiger partial charge in [0.25, 0.3) is 0 Å². The lowest BCUT2D eigenvalue weighted by Crippen LogP contribution is -2.45. The van der Waals surface area contributed by atoms with Crippen molar-refractivity contribution in [1.29, 1.82) is 0 Å². The molecule has 0 aliphatic carbocycles. The predicted molar refractivity (Wildman–Crippen MR) is 114 cm³/mol. The summed E-state index contributed by atoms with van der Waals surface area (Å²) < 4.78 is 33.8. The lowest BCUT2D eigenvalue weighted by atomic mass is 9.74. The molecular formula is C22H28N2O5S. The highest BCUT2D eigenvalue weighted by Crippen LogP contribution is 2.35. The summed E-state index contributed by atoms with van der Waals surface area (Å²) >= 11 is 0. The number of primary sulfonamides is 1. The summed E-state index contributed by atoms with van der Waals surface area (Å²) in [5.74, 6) is 0.714. The van der Waals surface area contributed by atoms with Crippen molar-refractivity contribution in [3.8, 4) is 5.75 Å². The molecule has 1 aliphatic heterocycles. The molecule has 162 valence electrons. The molecule has 1 heterocycles. The van der Waals surface area contributed by atoms with Gasteiger partial charge in [0, 0.05) is 25.2 Å². The molecule has 0 spiro atoms. The molecule has 0 aromatic heterocycles. The number of rotatable bonds is 8. The van der Waals surface area contributed by atoms with Crippen LogP contribution in [0.4, 0.5) is 0 Å². The minimum Gasteiger partial charge on any atom is -0.494 e. The largest absolute Gasteiger partial charge is 0.494 e. The normalized spacial score (nSPS) is 16.1. The van der Waals surface area contributed by atoms with Crippen LogP contribution in [0.15, 0.2) is 53.4 Å². The molecule has 2 aromatic carbocycles. The van der Waals surface area contributed by atoms with Gasteiger partial charge in [0.2, 0.25) is 15.9 Å². The van der Waals surface area contributed by atoms with Crippen molar-refractivity contribution in [3.63, 3.8) is 0 Å². The Morgan fingerprint density at radius 3 is 2.30 bits per heavy atom. The number of carbonyl (C=O) groups excluding carboxylic acids is 1. The lowest BCUT2D eigenvalue weighted by molar-refractivity contribution is -0.120. The molecule has 0 radical (unpaired) electrons. The Kier molecular flexibility index (Phi) is 7.12. The number of nitrogens with two attached hydrogens (primary N) is 1. The van der Waals surface area contributed by atoms with Gasteiger partial charge in [-0.2, -0.15) is 0 Å². The van der Waals surface area contributed by atoms with Gasteiger partial charge in [-0.05, 0) is 55.2 Å². The Morgan fingerprint density at radius 2 is 1.73 bits per heavy atom. The smallest absolute Gasteiger partial charge is 0.238 e. The predicted octanol–water partition coefficient (Wildman–Crippen LogP) is 2.14. The number of carbonyl (C=O) groups is 1. The second kappa shape index (κ2) is 9.59. The number of ether oxygens (including phenoxy) is 2. The minimum absolute atomic E-state index is 0.0308. The second-order valence-electron chi connectivity index (χ2n) is 7.49. The van der Waals surface area contributed by atoms with Crippen LogP contribution in [-0.2, 0) is 31.4 Å². The van der Waals surface area contributed by atoms with E-state index in [1.807, 2.05) is 19.1 Å². The monoisotopic (exact) mass is 432 g/mol. The van der Waals surface area contributed by atoms with Gasteiger partial charge in [0.05, 0.1) is 17.9 Å². The zero-order valence-electron chi connectivity index (χ0n) is 17.1. The quantitative estimate of drug-likeness (QED) is 0.664. The SMILES string of the molecule is CCOc1ccc(C2(CNC(=O)Cc3ccc(S(N)(=O)=O)cc3)CCOCC2)cc1. The molecule has 1 saturated heterocycles. The Bertz CT molecular complexity index is 950. The third-order valence-electron chi connectivity index (χ3n) is 5.47. The topological polar surface area (TPSA) is 108 Å². The Balaban J connectivity index is 1.66. The maximum atomic E-state index is 12.5. The van der Waals surface area contributed by atoms with E-state index in [9.17, 15) is 13.2 Å². The Hall–Kier alpha value is -2.42. The lowest BCUT2D eigenvalue weighted by Gasteiger charge is -2.38. The van der Waals surface area contributed by atoms with E-state index in [-0.39, 0.29) is 22.6 Å². The van der Waals surface area contributed by atoms with Crippen molar-refractivity contribution in [3.05, 3.63) is 59.7 Å². The highest BCUT2D eigenvalue weighted by atomic mass is 32.2. The summed E-state index contributed by atoms with van der Waals surface area (Å²) in [4.78, 5) is 12.6. The maximum Gasteiger partial charge on any atom is 0.238 e. The van der Waals surface area contributed by atoms with Gasteiger partial charge in [0.1, 0.15) is 5.75 Å². The third-order valence-corrected chi connectivity index (χ3v) is 6.40. The summed E-state index contributed by atoms with van der Waals surface area (Å²) in [6.07, 6.45) is 1.81. The number of hydrogen-bond donors (Lipinski definition) is 2. The highest BCUT2D eigenvalue weighted by Gasteiger charge is 2.34. The second-order valence-corrected chi connectivity index (χ2v) is 9.05. The molecule has 1 aliphatic rings. The average Bonchev–Trinajstić information content (AvgIpc) is 2.73. The van der Waals surface area contributed by atoms with E-state index in [1.54, 1.807) is 12.1 Å². The fourth-order valence-corrected chi connectivity index (χ4v) is 4.23. The van der Waals surface area contributed by atoms with Gasteiger partial charge in [0.15, 0.2) is 0 Å². The van der Waals surface area contributed by atoms with Crippen molar-refractivity contribution in [2.75, 3.05) is 26.4 Å². The van der Waals surface area contributed by atoms with Gasteiger partial charge in [-0.1, -0.05) is 24.3 Å². The van der Waals surface area contributed by atoms with E-state index < -0.39 is 10.0 Å². The molecule has 1 fully saturated rings. The zero-order valence-corrected chi connectivity index (χ0v) is 17.9. The van der Waals surface area contributed by atoms with E-state index in [0.717, 1.165) is 29.7 Å². The minimum atomic E-state index is -3.74. The van der Waals surface area contributed by atoms with Gasteiger partial charge in [-0.25, -0.2) is 13.6 Å². The molecule has 30 heavy (non-hydrogen) atoms. The molecule has 0 saturated carbocycles. The number of benzene rings is 2. The first-order chi connectivity index (χ1) is 14.3. The van der Waals surface area contributed by atoms with Crippen molar-refractivity contribution in [2.45, 2.75) is 36.5 Å². The summed E-state index contributed by atoms with van der Waals surface area (Å²) in [7, 11) is -3.74. The molecule has 1 amide bonds. The molecule has 8 heteroatoms. The average molecular weight is 433 g/mol. The van der Waals surface area contributed by atoms with Gasteiger partial charge in [-0.3, -0.25) is 4.79 Å².